The van der Waals surface area contributed by atoms with E-state index in [9.17, 15) is 8.42 Å². The molecule has 0 unspecified atom stereocenters. The molecule has 0 bridgehead atoms. The predicted octanol–water partition coefficient (Wildman–Crippen LogP) is 3.76. The van der Waals surface area contributed by atoms with Gasteiger partial charge in [0.25, 0.3) is 0 Å². The summed E-state index contributed by atoms with van der Waals surface area (Å²) >= 11 is 0. The second-order valence-corrected chi connectivity index (χ2v) is 7.89. The van der Waals surface area contributed by atoms with E-state index in [1.807, 2.05) is 19.9 Å². The van der Waals surface area contributed by atoms with Crippen molar-refractivity contribution < 1.29 is 22.6 Å². The smallest absolute Gasteiger partial charge is 0.241 e. The van der Waals surface area contributed by atoms with Crippen LogP contribution in [0.15, 0.2) is 35.2 Å². The molecule has 2 aromatic carbocycles. The quantitative estimate of drug-likeness (QED) is 0.739. The van der Waals surface area contributed by atoms with E-state index in [1.165, 1.54) is 0 Å². The lowest BCUT2D eigenvalue weighted by atomic mass is 10.1. The molecule has 7 heteroatoms. The first-order valence-electron chi connectivity index (χ1n) is 8.67. The zero-order valence-corrected chi connectivity index (χ0v) is 17.4. The molecule has 2 rings (SSSR count). The van der Waals surface area contributed by atoms with E-state index in [2.05, 4.69) is 4.72 Å². The second-order valence-electron chi connectivity index (χ2n) is 6.21. The monoisotopic (exact) mass is 393 g/mol. The van der Waals surface area contributed by atoms with Crippen LogP contribution in [-0.4, -0.2) is 29.7 Å². The molecule has 0 heterocycles. The van der Waals surface area contributed by atoms with Gasteiger partial charge < -0.3 is 14.2 Å². The van der Waals surface area contributed by atoms with Crippen LogP contribution in [0.4, 0.5) is 0 Å². The van der Waals surface area contributed by atoms with E-state index >= 15 is 0 Å². The Hall–Kier alpha value is -2.25. The van der Waals surface area contributed by atoms with E-state index in [4.69, 9.17) is 14.2 Å². The predicted molar refractivity (Wildman–Crippen MR) is 105 cm³/mol. The number of nitrogens with one attached hydrogen (secondary N) is 1. The largest absolute Gasteiger partial charge is 0.496 e. The summed E-state index contributed by atoms with van der Waals surface area (Å²) in [7, 11) is 0.971. The fraction of sp³-hybridized carbons (Fsp3) is 0.400. The normalized spacial score (nSPS) is 12.5. The standard InChI is InChI=1S/C20H27NO5S/c1-7-16(15-8-9-18(25-5)19(12-15)26-6)21-27(22,23)20-11-10-17(24-4)13(2)14(20)3/h8-12,16,21H,7H2,1-6H3/t16-/m1/s1. The summed E-state index contributed by atoms with van der Waals surface area (Å²) in [5.74, 6) is 1.82. The molecule has 148 valence electrons. The van der Waals surface area contributed by atoms with E-state index in [1.54, 1.807) is 52.5 Å². The van der Waals surface area contributed by atoms with Crippen molar-refractivity contribution in [3.8, 4) is 17.2 Å². The Morgan fingerprint density at radius 2 is 1.48 bits per heavy atom. The van der Waals surface area contributed by atoms with Crippen molar-refractivity contribution in [2.45, 2.75) is 38.1 Å². The van der Waals surface area contributed by atoms with Gasteiger partial charge >= 0.3 is 0 Å². The number of rotatable bonds is 8. The minimum atomic E-state index is -3.71. The summed E-state index contributed by atoms with van der Waals surface area (Å²) in [5.41, 5.74) is 2.28. The van der Waals surface area contributed by atoms with Gasteiger partial charge in [-0.15, -0.1) is 0 Å². The lowest BCUT2D eigenvalue weighted by molar-refractivity contribution is 0.354. The summed E-state index contributed by atoms with van der Waals surface area (Å²) < 4.78 is 44.7. The molecule has 0 aliphatic heterocycles. The molecular formula is C20H27NO5S. The minimum Gasteiger partial charge on any atom is -0.496 e. The molecule has 0 aliphatic carbocycles. The zero-order chi connectivity index (χ0) is 20.2. The average Bonchev–Trinajstić information content (AvgIpc) is 2.67. The molecule has 0 aromatic heterocycles. The second kappa shape index (κ2) is 8.63. The molecule has 0 saturated heterocycles. The third-order valence-electron chi connectivity index (χ3n) is 4.71. The maximum Gasteiger partial charge on any atom is 0.241 e. The summed E-state index contributed by atoms with van der Waals surface area (Å²) in [6.45, 7) is 5.55. The Labute approximate surface area is 161 Å². The van der Waals surface area contributed by atoms with Gasteiger partial charge in [-0.3, -0.25) is 0 Å². The summed E-state index contributed by atoms with van der Waals surface area (Å²) in [6, 6.07) is 8.26. The van der Waals surface area contributed by atoms with E-state index in [0.717, 1.165) is 11.1 Å². The van der Waals surface area contributed by atoms with Crippen molar-refractivity contribution in [3.63, 3.8) is 0 Å². The number of hydrogen-bond acceptors (Lipinski definition) is 5. The first kappa shape index (κ1) is 21.1. The van der Waals surface area contributed by atoms with E-state index in [-0.39, 0.29) is 4.90 Å². The average molecular weight is 394 g/mol. The fourth-order valence-electron chi connectivity index (χ4n) is 2.99. The van der Waals surface area contributed by atoms with Gasteiger partial charge in [0.2, 0.25) is 10.0 Å². The topological polar surface area (TPSA) is 73.9 Å². The van der Waals surface area contributed by atoms with Crippen molar-refractivity contribution >= 4 is 10.0 Å². The molecule has 0 radical (unpaired) electrons. The van der Waals surface area contributed by atoms with Crippen molar-refractivity contribution in [1.29, 1.82) is 0 Å². The molecule has 0 saturated carbocycles. The number of methoxy groups -OCH3 is 3. The van der Waals surface area contributed by atoms with Crippen molar-refractivity contribution in [2.24, 2.45) is 0 Å². The molecule has 6 nitrogen and oxygen atoms in total. The highest BCUT2D eigenvalue weighted by Crippen LogP contribution is 2.32. The highest BCUT2D eigenvalue weighted by Gasteiger charge is 2.24. The molecule has 27 heavy (non-hydrogen) atoms. The number of ether oxygens (including phenoxy) is 3. The lowest BCUT2D eigenvalue weighted by Gasteiger charge is -2.20. The lowest BCUT2D eigenvalue weighted by Crippen LogP contribution is -2.29. The number of benzene rings is 2. The molecule has 0 spiro atoms. The van der Waals surface area contributed by atoms with Gasteiger partial charge in [0, 0.05) is 6.04 Å². The van der Waals surface area contributed by atoms with Gasteiger partial charge in [-0.25, -0.2) is 13.1 Å². The van der Waals surface area contributed by atoms with Crippen LogP contribution >= 0.6 is 0 Å². The summed E-state index contributed by atoms with van der Waals surface area (Å²) in [4.78, 5) is 0.250. The Kier molecular flexibility index (Phi) is 6.73. The molecule has 2 aromatic rings. The minimum absolute atomic E-state index is 0.250. The highest BCUT2D eigenvalue weighted by molar-refractivity contribution is 7.89. The Bertz CT molecular complexity index is 909. The van der Waals surface area contributed by atoms with Crippen molar-refractivity contribution in [2.75, 3.05) is 21.3 Å². The van der Waals surface area contributed by atoms with Crippen LogP contribution in [0.25, 0.3) is 0 Å². The summed E-state index contributed by atoms with van der Waals surface area (Å²) in [6.07, 6.45) is 0.586. The summed E-state index contributed by atoms with van der Waals surface area (Å²) in [5, 5.41) is 0. The highest BCUT2D eigenvalue weighted by atomic mass is 32.2. The van der Waals surface area contributed by atoms with Crippen LogP contribution in [0.1, 0.15) is 36.1 Å². The van der Waals surface area contributed by atoms with Gasteiger partial charge in [0.15, 0.2) is 11.5 Å². The third-order valence-corrected chi connectivity index (χ3v) is 6.33. The Morgan fingerprint density at radius 3 is 2.04 bits per heavy atom. The van der Waals surface area contributed by atoms with Gasteiger partial charge in [-0.05, 0) is 61.2 Å². The Morgan fingerprint density at radius 1 is 0.889 bits per heavy atom. The fourth-order valence-corrected chi connectivity index (χ4v) is 4.60. The van der Waals surface area contributed by atoms with Crippen LogP contribution in [0.2, 0.25) is 0 Å². The third kappa shape index (κ3) is 4.36. The zero-order valence-electron chi connectivity index (χ0n) is 16.6. The van der Waals surface area contributed by atoms with Crippen LogP contribution in [0, 0.1) is 13.8 Å². The molecule has 0 fully saturated rings. The van der Waals surface area contributed by atoms with Gasteiger partial charge in [0.05, 0.1) is 26.2 Å². The van der Waals surface area contributed by atoms with E-state index in [0.29, 0.717) is 29.2 Å². The molecule has 0 aliphatic rings. The number of hydrogen-bond donors (Lipinski definition) is 1. The van der Waals surface area contributed by atoms with Gasteiger partial charge in [-0.1, -0.05) is 13.0 Å². The van der Waals surface area contributed by atoms with Crippen LogP contribution in [0.3, 0.4) is 0 Å². The molecule has 0 amide bonds. The maximum absolute atomic E-state index is 13.0. The first-order valence-corrected chi connectivity index (χ1v) is 10.2. The molecular weight excluding hydrogens is 366 g/mol. The van der Waals surface area contributed by atoms with Crippen LogP contribution < -0.4 is 18.9 Å². The SMILES string of the molecule is CC[C@@H](NS(=O)(=O)c1ccc(OC)c(C)c1C)c1ccc(OC)c(OC)c1. The van der Waals surface area contributed by atoms with Crippen LogP contribution in [-0.2, 0) is 10.0 Å². The van der Waals surface area contributed by atoms with E-state index < -0.39 is 16.1 Å². The van der Waals surface area contributed by atoms with Gasteiger partial charge in [-0.2, -0.15) is 0 Å². The van der Waals surface area contributed by atoms with Crippen LogP contribution in [0.5, 0.6) is 17.2 Å². The molecule has 1 atom stereocenters. The number of sulfonamides is 1. The van der Waals surface area contributed by atoms with Crippen molar-refractivity contribution in [3.05, 3.63) is 47.0 Å². The first-order chi connectivity index (χ1) is 12.8. The van der Waals surface area contributed by atoms with Crippen molar-refractivity contribution in [1.82, 2.24) is 4.72 Å². The Balaban J connectivity index is 2.39. The maximum atomic E-state index is 13.0. The van der Waals surface area contributed by atoms with Gasteiger partial charge in [0.1, 0.15) is 5.75 Å². The molecule has 1 N–H and O–H groups in total.